The molecule has 19 heavy (non-hydrogen) atoms. The third-order valence-corrected chi connectivity index (χ3v) is 2.52. The van der Waals surface area contributed by atoms with Gasteiger partial charge in [-0.3, -0.25) is 4.79 Å². The first-order valence-corrected chi connectivity index (χ1v) is 6.23. The Labute approximate surface area is 117 Å². The molecule has 0 heterocycles. The van der Waals surface area contributed by atoms with Crippen molar-refractivity contribution in [3.8, 4) is 5.75 Å². The van der Waals surface area contributed by atoms with Crippen LogP contribution in [0.5, 0.6) is 5.75 Å². The molecule has 1 aromatic rings. The van der Waals surface area contributed by atoms with Crippen LogP contribution >= 0.6 is 11.6 Å². The topological polar surface area (TPSA) is 52.6 Å². The monoisotopic (exact) mass is 282 g/mol. The van der Waals surface area contributed by atoms with Crippen LogP contribution < -0.4 is 4.74 Å². The van der Waals surface area contributed by atoms with Crippen molar-refractivity contribution in [2.45, 2.75) is 12.8 Å². The molecule has 0 fully saturated rings. The average molecular weight is 283 g/mol. The number of rotatable bonds is 8. The number of benzene rings is 1. The zero-order valence-corrected chi connectivity index (χ0v) is 11.2. The van der Waals surface area contributed by atoms with Crippen LogP contribution in [-0.4, -0.2) is 24.4 Å². The number of carbonyl (C=O) groups is 2. The number of carbonyl (C=O) groups excluding carboxylic acids is 2. The standard InChI is InChI=1S/C14H15ClO4/c1-2-13(16)19-10-4-3-9-18-12-7-5-11(6-8-12)14(15)17/h2,5-8H,1,3-4,9-10H2. The molecule has 0 bridgehead atoms. The van der Waals surface area contributed by atoms with E-state index in [4.69, 9.17) is 21.1 Å². The largest absolute Gasteiger partial charge is 0.494 e. The molecule has 0 N–H and O–H groups in total. The van der Waals surface area contributed by atoms with Gasteiger partial charge < -0.3 is 9.47 Å². The van der Waals surface area contributed by atoms with Gasteiger partial charge >= 0.3 is 5.97 Å². The molecule has 4 nitrogen and oxygen atoms in total. The highest BCUT2D eigenvalue weighted by Crippen LogP contribution is 2.13. The van der Waals surface area contributed by atoms with Crippen LogP contribution in [0.4, 0.5) is 0 Å². The molecule has 0 unspecified atom stereocenters. The van der Waals surface area contributed by atoms with Gasteiger partial charge in [0.05, 0.1) is 13.2 Å². The molecule has 0 spiro atoms. The normalized spacial score (nSPS) is 9.74. The summed E-state index contributed by atoms with van der Waals surface area (Å²) >= 11 is 5.33. The zero-order chi connectivity index (χ0) is 14.1. The fourth-order valence-electron chi connectivity index (χ4n) is 1.31. The summed E-state index contributed by atoms with van der Waals surface area (Å²) in [5.74, 6) is 0.256. The number of esters is 1. The van der Waals surface area contributed by atoms with E-state index in [-0.39, 0.29) is 0 Å². The van der Waals surface area contributed by atoms with Crippen molar-refractivity contribution in [1.29, 1.82) is 0 Å². The highest BCUT2D eigenvalue weighted by molar-refractivity contribution is 6.67. The molecule has 0 atom stereocenters. The molecule has 5 heteroatoms. The van der Waals surface area contributed by atoms with Gasteiger partial charge in [0.15, 0.2) is 0 Å². The lowest BCUT2D eigenvalue weighted by molar-refractivity contribution is -0.137. The number of unbranched alkanes of at least 4 members (excludes halogenated alkanes) is 1. The third kappa shape index (κ3) is 6.06. The minimum Gasteiger partial charge on any atom is -0.494 e. The van der Waals surface area contributed by atoms with Gasteiger partial charge in [-0.15, -0.1) is 0 Å². The van der Waals surface area contributed by atoms with E-state index in [1.807, 2.05) is 0 Å². The summed E-state index contributed by atoms with van der Waals surface area (Å²) in [4.78, 5) is 21.6. The van der Waals surface area contributed by atoms with Crippen molar-refractivity contribution in [3.63, 3.8) is 0 Å². The summed E-state index contributed by atoms with van der Waals surface area (Å²) in [6.07, 6.45) is 2.62. The molecular weight excluding hydrogens is 268 g/mol. The minimum atomic E-state index is -0.490. The van der Waals surface area contributed by atoms with E-state index in [2.05, 4.69) is 6.58 Å². The van der Waals surface area contributed by atoms with Crippen LogP contribution in [0.25, 0.3) is 0 Å². The van der Waals surface area contributed by atoms with E-state index >= 15 is 0 Å². The summed E-state index contributed by atoms with van der Waals surface area (Å²) in [5.41, 5.74) is 0.436. The summed E-state index contributed by atoms with van der Waals surface area (Å²) in [6, 6.07) is 6.59. The van der Waals surface area contributed by atoms with Gasteiger partial charge in [-0.2, -0.15) is 0 Å². The fraction of sp³-hybridized carbons (Fsp3) is 0.286. The number of halogens is 1. The first-order chi connectivity index (χ1) is 9.13. The van der Waals surface area contributed by atoms with Gasteiger partial charge in [0.2, 0.25) is 0 Å². The Morgan fingerprint density at radius 2 is 1.79 bits per heavy atom. The van der Waals surface area contributed by atoms with Crippen LogP contribution in [0.15, 0.2) is 36.9 Å². The van der Waals surface area contributed by atoms with E-state index in [1.165, 1.54) is 0 Å². The maximum atomic E-state index is 10.8. The smallest absolute Gasteiger partial charge is 0.330 e. The molecule has 1 aromatic carbocycles. The molecule has 0 saturated carbocycles. The van der Waals surface area contributed by atoms with E-state index in [9.17, 15) is 9.59 Å². The Morgan fingerprint density at radius 1 is 1.16 bits per heavy atom. The van der Waals surface area contributed by atoms with Crippen LogP contribution in [0.1, 0.15) is 23.2 Å². The Kier molecular flexibility index (Phi) is 6.68. The first kappa shape index (κ1) is 15.2. The maximum Gasteiger partial charge on any atom is 0.330 e. The lowest BCUT2D eigenvalue weighted by Crippen LogP contribution is -2.04. The average Bonchev–Trinajstić information content (AvgIpc) is 2.42. The van der Waals surface area contributed by atoms with Crippen LogP contribution in [0.2, 0.25) is 0 Å². The van der Waals surface area contributed by atoms with Crippen LogP contribution in [0.3, 0.4) is 0 Å². The molecule has 0 aromatic heterocycles. The molecule has 0 saturated heterocycles. The van der Waals surface area contributed by atoms with E-state index in [0.717, 1.165) is 18.9 Å². The van der Waals surface area contributed by atoms with E-state index < -0.39 is 11.2 Å². The van der Waals surface area contributed by atoms with Gasteiger partial charge in [-0.1, -0.05) is 6.58 Å². The van der Waals surface area contributed by atoms with E-state index in [1.54, 1.807) is 24.3 Å². The van der Waals surface area contributed by atoms with Gasteiger partial charge in [0, 0.05) is 11.6 Å². The molecule has 1 rings (SSSR count). The Balaban J connectivity index is 2.17. The molecule has 102 valence electrons. The van der Waals surface area contributed by atoms with Crippen LogP contribution in [-0.2, 0) is 9.53 Å². The maximum absolute atomic E-state index is 10.8. The Bertz CT molecular complexity index is 439. The second-order valence-electron chi connectivity index (χ2n) is 3.73. The second kappa shape index (κ2) is 8.32. The van der Waals surface area contributed by atoms with Gasteiger partial charge in [0.25, 0.3) is 5.24 Å². The number of ether oxygens (including phenoxy) is 2. The Hall–Kier alpha value is -1.81. The SMILES string of the molecule is C=CC(=O)OCCCCOc1ccc(C(=O)Cl)cc1. The van der Waals surface area contributed by atoms with E-state index in [0.29, 0.717) is 24.5 Å². The van der Waals surface area contributed by atoms with Crippen LogP contribution in [0, 0.1) is 0 Å². The molecule has 0 aliphatic rings. The third-order valence-electron chi connectivity index (χ3n) is 2.30. The summed E-state index contributed by atoms with van der Waals surface area (Å²) in [6.45, 7) is 4.17. The second-order valence-corrected chi connectivity index (χ2v) is 4.07. The van der Waals surface area contributed by atoms with Gasteiger partial charge in [-0.25, -0.2) is 4.79 Å². The minimum absolute atomic E-state index is 0.355. The summed E-state index contributed by atoms with van der Waals surface area (Å²) < 4.78 is 10.3. The van der Waals surface area contributed by atoms with Crippen molar-refractivity contribution in [2.24, 2.45) is 0 Å². The van der Waals surface area contributed by atoms with Crippen molar-refractivity contribution in [1.82, 2.24) is 0 Å². The molecule has 0 radical (unpaired) electrons. The number of hydrogen-bond acceptors (Lipinski definition) is 4. The van der Waals surface area contributed by atoms with Gasteiger partial charge in [0.1, 0.15) is 5.75 Å². The Morgan fingerprint density at radius 3 is 2.37 bits per heavy atom. The highest BCUT2D eigenvalue weighted by atomic mass is 35.5. The summed E-state index contributed by atoms with van der Waals surface area (Å²) in [5, 5.41) is -0.490. The van der Waals surface area contributed by atoms with Crippen molar-refractivity contribution in [3.05, 3.63) is 42.5 Å². The zero-order valence-electron chi connectivity index (χ0n) is 10.4. The molecule has 0 aliphatic heterocycles. The predicted molar refractivity (Wildman–Crippen MR) is 72.5 cm³/mol. The summed E-state index contributed by atoms with van der Waals surface area (Å²) in [7, 11) is 0. The van der Waals surface area contributed by atoms with Gasteiger partial charge in [-0.05, 0) is 48.7 Å². The van der Waals surface area contributed by atoms with Crippen molar-refractivity contribution >= 4 is 22.8 Å². The van der Waals surface area contributed by atoms with Crippen molar-refractivity contribution < 1.29 is 19.1 Å². The van der Waals surface area contributed by atoms with Crippen molar-refractivity contribution in [2.75, 3.05) is 13.2 Å². The molecule has 0 amide bonds. The lowest BCUT2D eigenvalue weighted by atomic mass is 10.2. The predicted octanol–water partition coefficient (Wildman–Crippen LogP) is 2.95. The number of hydrogen-bond donors (Lipinski definition) is 0. The first-order valence-electron chi connectivity index (χ1n) is 5.85. The lowest BCUT2D eigenvalue weighted by Gasteiger charge is -2.06. The quantitative estimate of drug-likeness (QED) is 0.318. The highest BCUT2D eigenvalue weighted by Gasteiger charge is 2.01. The molecule has 0 aliphatic carbocycles. The fourth-order valence-corrected chi connectivity index (χ4v) is 1.43. The molecular formula is C14H15ClO4.